The van der Waals surface area contributed by atoms with E-state index in [-0.39, 0.29) is 0 Å². The molecule has 78 valence electrons. The Bertz CT molecular complexity index is 441. The van der Waals surface area contributed by atoms with Gasteiger partial charge in [-0.2, -0.15) is 0 Å². The molecular weight excluding hydrogens is 200 g/mol. The van der Waals surface area contributed by atoms with Crippen molar-refractivity contribution in [2.45, 2.75) is 19.6 Å². The second kappa shape index (κ2) is 3.66. The highest BCUT2D eigenvalue weighted by Crippen LogP contribution is 2.08. The number of benzene rings is 1. The summed E-state index contributed by atoms with van der Waals surface area (Å²) < 4.78 is 2.05. The third-order valence-corrected chi connectivity index (χ3v) is 4.56. The highest BCUT2D eigenvalue weighted by atomic mass is 28.3. The van der Waals surface area contributed by atoms with E-state index in [1.54, 1.807) is 6.20 Å². The van der Waals surface area contributed by atoms with Crippen LogP contribution in [0.2, 0.25) is 19.6 Å². The van der Waals surface area contributed by atoms with E-state index in [0.717, 1.165) is 0 Å². The van der Waals surface area contributed by atoms with Crippen LogP contribution in [0.25, 0.3) is 5.69 Å². The molecule has 0 N–H and O–H groups in total. The highest BCUT2D eigenvalue weighted by molar-refractivity contribution is 6.88. The quantitative estimate of drug-likeness (QED) is 0.705. The van der Waals surface area contributed by atoms with Gasteiger partial charge in [0.15, 0.2) is 0 Å². The van der Waals surface area contributed by atoms with Gasteiger partial charge in [-0.3, -0.25) is 0 Å². The Balaban J connectivity index is 2.44. The summed E-state index contributed by atoms with van der Waals surface area (Å²) in [7, 11) is -1.21. The Kier molecular flexibility index (Phi) is 2.48. The van der Waals surface area contributed by atoms with Crippen molar-refractivity contribution in [3.63, 3.8) is 0 Å². The molecule has 0 fully saturated rings. The predicted octanol–water partition coefficient (Wildman–Crippen LogP) is 2.42. The van der Waals surface area contributed by atoms with E-state index in [9.17, 15) is 0 Å². The standard InChI is InChI=1S/C12H16N2Si/c1-15(2,3)12-6-4-5-11(9-12)14-8-7-13-10-14/h4-10H,1-3H3. The maximum atomic E-state index is 4.06. The van der Waals surface area contributed by atoms with Crippen LogP contribution in [0.5, 0.6) is 0 Å². The third-order valence-electron chi connectivity index (χ3n) is 2.51. The van der Waals surface area contributed by atoms with Crippen molar-refractivity contribution in [3.05, 3.63) is 43.0 Å². The normalized spacial score (nSPS) is 11.7. The van der Waals surface area contributed by atoms with E-state index >= 15 is 0 Å². The number of aromatic nitrogens is 2. The predicted molar refractivity (Wildman–Crippen MR) is 66.5 cm³/mol. The SMILES string of the molecule is C[Si](C)(C)c1cccc(-n2ccnc2)c1. The highest BCUT2D eigenvalue weighted by Gasteiger charge is 2.16. The molecule has 2 rings (SSSR count). The smallest absolute Gasteiger partial charge is 0.0991 e. The molecule has 0 aliphatic heterocycles. The van der Waals surface area contributed by atoms with E-state index < -0.39 is 8.07 Å². The van der Waals surface area contributed by atoms with E-state index in [2.05, 4.69) is 48.9 Å². The minimum atomic E-state index is -1.21. The molecule has 1 aromatic carbocycles. The summed E-state index contributed by atoms with van der Waals surface area (Å²) in [4.78, 5) is 4.06. The summed E-state index contributed by atoms with van der Waals surface area (Å²) in [6, 6.07) is 8.74. The van der Waals surface area contributed by atoms with Crippen LogP contribution in [0.15, 0.2) is 43.0 Å². The summed E-state index contributed by atoms with van der Waals surface area (Å²) in [5.74, 6) is 0. The number of imidazole rings is 1. The molecule has 2 nitrogen and oxygen atoms in total. The molecule has 3 heteroatoms. The largest absolute Gasteiger partial charge is 0.306 e. The fourth-order valence-corrected chi connectivity index (χ4v) is 2.72. The number of rotatable bonds is 2. The molecule has 1 aromatic heterocycles. The lowest BCUT2D eigenvalue weighted by Gasteiger charge is -2.17. The maximum absolute atomic E-state index is 4.06. The lowest BCUT2D eigenvalue weighted by atomic mass is 10.3. The van der Waals surface area contributed by atoms with Crippen molar-refractivity contribution in [2.75, 3.05) is 0 Å². The van der Waals surface area contributed by atoms with Crippen LogP contribution in [0.1, 0.15) is 0 Å². The van der Waals surface area contributed by atoms with Crippen molar-refractivity contribution in [1.82, 2.24) is 9.55 Å². The minimum absolute atomic E-state index is 1.20. The Hall–Kier alpha value is -1.35. The molecule has 0 unspecified atom stereocenters. The zero-order valence-corrected chi connectivity index (χ0v) is 10.4. The molecule has 0 aliphatic rings. The lowest BCUT2D eigenvalue weighted by molar-refractivity contribution is 1.06. The number of hydrogen-bond donors (Lipinski definition) is 0. The summed E-state index contributed by atoms with van der Waals surface area (Å²) >= 11 is 0. The Morgan fingerprint density at radius 2 is 2.00 bits per heavy atom. The van der Waals surface area contributed by atoms with Gasteiger partial charge in [0.1, 0.15) is 0 Å². The molecule has 0 amide bonds. The van der Waals surface area contributed by atoms with Gasteiger partial charge in [-0.15, -0.1) is 0 Å². The molecule has 0 atom stereocenters. The number of nitrogens with zero attached hydrogens (tertiary/aromatic N) is 2. The third kappa shape index (κ3) is 2.18. The zero-order valence-electron chi connectivity index (χ0n) is 9.44. The summed E-state index contributed by atoms with van der Waals surface area (Å²) in [6.07, 6.45) is 5.62. The van der Waals surface area contributed by atoms with Crippen LogP contribution in [-0.4, -0.2) is 17.6 Å². The Morgan fingerprint density at radius 1 is 1.20 bits per heavy atom. The van der Waals surface area contributed by atoms with E-state index in [0.29, 0.717) is 0 Å². The first-order valence-corrected chi connectivity index (χ1v) is 8.66. The van der Waals surface area contributed by atoms with Crippen LogP contribution < -0.4 is 5.19 Å². The molecule has 0 radical (unpaired) electrons. The van der Waals surface area contributed by atoms with Crippen molar-refractivity contribution < 1.29 is 0 Å². The first-order chi connectivity index (χ1) is 7.07. The fourth-order valence-electron chi connectivity index (χ4n) is 1.54. The maximum Gasteiger partial charge on any atom is 0.0991 e. The van der Waals surface area contributed by atoms with Gasteiger partial charge < -0.3 is 4.57 Å². The van der Waals surface area contributed by atoms with Crippen molar-refractivity contribution in [2.24, 2.45) is 0 Å². The molecule has 0 saturated heterocycles. The summed E-state index contributed by atoms with van der Waals surface area (Å²) in [5.41, 5.74) is 1.20. The summed E-state index contributed by atoms with van der Waals surface area (Å²) in [5, 5.41) is 1.48. The fraction of sp³-hybridized carbons (Fsp3) is 0.250. The molecule has 0 bridgehead atoms. The lowest BCUT2D eigenvalue weighted by Crippen LogP contribution is -2.37. The molecule has 0 spiro atoms. The monoisotopic (exact) mass is 216 g/mol. The van der Waals surface area contributed by atoms with Crippen molar-refractivity contribution in [1.29, 1.82) is 0 Å². The van der Waals surface area contributed by atoms with Gasteiger partial charge in [0.25, 0.3) is 0 Å². The second-order valence-corrected chi connectivity index (χ2v) is 9.85. The van der Waals surface area contributed by atoms with Gasteiger partial charge >= 0.3 is 0 Å². The Labute approximate surface area is 91.6 Å². The number of hydrogen-bond acceptors (Lipinski definition) is 1. The van der Waals surface area contributed by atoms with Crippen LogP contribution in [0, 0.1) is 0 Å². The average Bonchev–Trinajstić information content (AvgIpc) is 2.69. The van der Waals surface area contributed by atoms with Crippen LogP contribution in [0.3, 0.4) is 0 Å². The Morgan fingerprint density at radius 3 is 2.60 bits per heavy atom. The first-order valence-electron chi connectivity index (χ1n) is 5.16. The van der Waals surface area contributed by atoms with E-state index in [1.807, 2.05) is 17.1 Å². The van der Waals surface area contributed by atoms with Crippen LogP contribution in [-0.2, 0) is 0 Å². The zero-order chi connectivity index (χ0) is 10.9. The average molecular weight is 216 g/mol. The van der Waals surface area contributed by atoms with E-state index in [4.69, 9.17) is 0 Å². The molecule has 0 aliphatic carbocycles. The van der Waals surface area contributed by atoms with Crippen molar-refractivity contribution in [3.8, 4) is 5.69 Å². The molecule has 15 heavy (non-hydrogen) atoms. The van der Waals surface area contributed by atoms with Gasteiger partial charge in [0.2, 0.25) is 0 Å². The van der Waals surface area contributed by atoms with E-state index in [1.165, 1.54) is 10.9 Å². The summed E-state index contributed by atoms with van der Waals surface area (Å²) in [6.45, 7) is 7.08. The molecule has 2 aromatic rings. The van der Waals surface area contributed by atoms with Gasteiger partial charge in [0.05, 0.1) is 14.4 Å². The van der Waals surface area contributed by atoms with Gasteiger partial charge in [-0.1, -0.05) is 37.0 Å². The topological polar surface area (TPSA) is 17.8 Å². The van der Waals surface area contributed by atoms with Crippen LogP contribution in [0.4, 0.5) is 0 Å². The minimum Gasteiger partial charge on any atom is -0.306 e. The first kappa shape index (κ1) is 10.2. The second-order valence-electron chi connectivity index (χ2n) is 4.77. The molecule has 0 saturated carbocycles. The van der Waals surface area contributed by atoms with Gasteiger partial charge in [0, 0.05) is 18.1 Å². The molecular formula is C12H16N2Si. The van der Waals surface area contributed by atoms with Gasteiger partial charge in [-0.25, -0.2) is 4.98 Å². The molecule has 1 heterocycles. The van der Waals surface area contributed by atoms with Gasteiger partial charge in [-0.05, 0) is 12.1 Å². The van der Waals surface area contributed by atoms with Crippen LogP contribution >= 0.6 is 0 Å². The van der Waals surface area contributed by atoms with Crippen molar-refractivity contribution >= 4 is 13.3 Å².